The largest absolute Gasteiger partial charge is 0.449 e. The van der Waals surface area contributed by atoms with E-state index in [1.54, 1.807) is 0 Å². The molecule has 1 unspecified atom stereocenters. The molecule has 0 saturated heterocycles. The third-order valence-electron chi connectivity index (χ3n) is 5.33. The lowest BCUT2D eigenvalue weighted by molar-refractivity contribution is 0.0487. The average Bonchev–Trinajstić information content (AvgIpc) is 3.04. The summed E-state index contributed by atoms with van der Waals surface area (Å²) in [5, 5.41) is 2.88. The molecule has 0 heterocycles. The molecule has 0 spiro atoms. The van der Waals surface area contributed by atoms with E-state index in [-0.39, 0.29) is 12.0 Å². The molecule has 1 amide bonds. The van der Waals surface area contributed by atoms with Crippen LogP contribution < -0.4 is 5.32 Å². The molecule has 2 aromatic carbocycles. The summed E-state index contributed by atoms with van der Waals surface area (Å²) in [6, 6.07) is 16.7. The number of nitrogens with one attached hydrogen (secondary N) is 1. The number of alkyl carbamates (subject to hydrolysis) is 1. The Morgan fingerprint density at radius 2 is 1.64 bits per heavy atom. The van der Waals surface area contributed by atoms with Gasteiger partial charge < -0.3 is 14.8 Å². The first-order chi connectivity index (χ1) is 13.7. The minimum absolute atomic E-state index is 0.102. The molecule has 1 N–H and O–H groups in total. The fourth-order valence-corrected chi connectivity index (χ4v) is 4.04. The van der Waals surface area contributed by atoms with Gasteiger partial charge in [-0.05, 0) is 48.4 Å². The summed E-state index contributed by atoms with van der Waals surface area (Å²) in [4.78, 5) is 12.2. The maximum atomic E-state index is 12.2. The molecule has 4 heteroatoms. The smallest absolute Gasteiger partial charge is 0.407 e. The fourth-order valence-electron chi connectivity index (χ4n) is 4.04. The molecule has 28 heavy (non-hydrogen) atoms. The zero-order chi connectivity index (χ0) is 19.8. The minimum Gasteiger partial charge on any atom is -0.449 e. The van der Waals surface area contributed by atoms with E-state index in [0.717, 1.165) is 32.3 Å². The molecule has 1 aliphatic carbocycles. The number of hydrogen-bond acceptors (Lipinski definition) is 3. The summed E-state index contributed by atoms with van der Waals surface area (Å²) in [7, 11) is 0. The van der Waals surface area contributed by atoms with E-state index in [2.05, 4.69) is 48.6 Å². The monoisotopic (exact) mass is 381 g/mol. The minimum atomic E-state index is -0.342. The maximum Gasteiger partial charge on any atom is 0.407 e. The van der Waals surface area contributed by atoms with Crippen LogP contribution in [-0.2, 0) is 9.47 Å². The third kappa shape index (κ3) is 4.93. The van der Waals surface area contributed by atoms with Crippen LogP contribution in [0.15, 0.2) is 48.5 Å². The normalized spacial score (nSPS) is 13.6. The summed E-state index contributed by atoms with van der Waals surface area (Å²) in [5.74, 6) is 0.102. The number of benzene rings is 2. The van der Waals surface area contributed by atoms with Gasteiger partial charge in [-0.25, -0.2) is 4.79 Å². The van der Waals surface area contributed by atoms with Crippen LogP contribution in [0.2, 0.25) is 0 Å². The van der Waals surface area contributed by atoms with E-state index >= 15 is 0 Å². The highest BCUT2D eigenvalue weighted by Gasteiger charge is 2.28. The molecule has 0 fully saturated rings. The summed E-state index contributed by atoms with van der Waals surface area (Å²) in [6.45, 7) is 5.91. The maximum absolute atomic E-state index is 12.2. The van der Waals surface area contributed by atoms with Crippen molar-refractivity contribution in [3.63, 3.8) is 0 Å². The highest BCUT2D eigenvalue weighted by Crippen LogP contribution is 2.44. The first kappa shape index (κ1) is 20.4. The average molecular weight is 382 g/mol. The van der Waals surface area contributed by atoms with E-state index < -0.39 is 0 Å². The van der Waals surface area contributed by atoms with Crippen molar-refractivity contribution in [3.05, 3.63) is 59.7 Å². The SMILES string of the molecule is CCCC(CCCNC(=O)OCC1c2ccccc2-c2ccccc21)OCC. The number of carbonyl (C=O) groups is 1. The number of ether oxygens (including phenoxy) is 2. The molecule has 1 aliphatic rings. The lowest BCUT2D eigenvalue weighted by Crippen LogP contribution is -2.27. The Morgan fingerprint density at radius 3 is 2.25 bits per heavy atom. The van der Waals surface area contributed by atoms with Crippen molar-refractivity contribution in [2.24, 2.45) is 0 Å². The van der Waals surface area contributed by atoms with Crippen LogP contribution in [0.3, 0.4) is 0 Å². The topological polar surface area (TPSA) is 47.6 Å². The van der Waals surface area contributed by atoms with Gasteiger partial charge in [-0.3, -0.25) is 0 Å². The van der Waals surface area contributed by atoms with Crippen molar-refractivity contribution in [1.29, 1.82) is 0 Å². The van der Waals surface area contributed by atoms with E-state index in [0.29, 0.717) is 19.3 Å². The van der Waals surface area contributed by atoms with Crippen LogP contribution in [-0.4, -0.2) is 32.0 Å². The molecule has 4 nitrogen and oxygen atoms in total. The van der Waals surface area contributed by atoms with Gasteiger partial charge in [0.2, 0.25) is 0 Å². The predicted octanol–water partition coefficient (Wildman–Crippen LogP) is 5.51. The Morgan fingerprint density at radius 1 is 1.00 bits per heavy atom. The fraction of sp³-hybridized carbons (Fsp3) is 0.458. The van der Waals surface area contributed by atoms with Crippen LogP contribution in [0.25, 0.3) is 11.1 Å². The predicted molar refractivity (Wildman–Crippen MR) is 113 cm³/mol. The molecule has 1 atom stereocenters. The van der Waals surface area contributed by atoms with Gasteiger partial charge in [0.1, 0.15) is 6.61 Å². The van der Waals surface area contributed by atoms with Crippen molar-refractivity contribution in [2.45, 2.75) is 51.6 Å². The number of rotatable bonds is 10. The second-order valence-corrected chi connectivity index (χ2v) is 7.26. The van der Waals surface area contributed by atoms with Crippen molar-refractivity contribution in [3.8, 4) is 11.1 Å². The Balaban J connectivity index is 1.47. The molecule has 3 rings (SSSR count). The van der Waals surface area contributed by atoms with Crippen LogP contribution in [0.4, 0.5) is 4.79 Å². The summed E-state index contributed by atoms with van der Waals surface area (Å²) in [6.07, 6.45) is 3.99. The molecule has 0 saturated carbocycles. The lowest BCUT2D eigenvalue weighted by Gasteiger charge is -2.17. The summed E-state index contributed by atoms with van der Waals surface area (Å²) in [5.41, 5.74) is 4.95. The molecule has 150 valence electrons. The van der Waals surface area contributed by atoms with Gasteiger partial charge >= 0.3 is 6.09 Å². The van der Waals surface area contributed by atoms with Gasteiger partial charge in [-0.2, -0.15) is 0 Å². The Hall–Kier alpha value is -2.33. The Labute approximate surface area is 168 Å². The summed E-state index contributed by atoms with van der Waals surface area (Å²) >= 11 is 0. The van der Waals surface area contributed by atoms with Crippen LogP contribution >= 0.6 is 0 Å². The molecule has 0 bridgehead atoms. The molecular formula is C24H31NO3. The lowest BCUT2D eigenvalue weighted by atomic mass is 9.98. The zero-order valence-electron chi connectivity index (χ0n) is 16.9. The highest BCUT2D eigenvalue weighted by atomic mass is 16.5. The van der Waals surface area contributed by atoms with E-state index in [9.17, 15) is 4.79 Å². The molecular weight excluding hydrogens is 350 g/mol. The van der Waals surface area contributed by atoms with Crippen LogP contribution in [0.1, 0.15) is 56.6 Å². The van der Waals surface area contributed by atoms with Crippen molar-refractivity contribution in [1.82, 2.24) is 5.32 Å². The zero-order valence-corrected chi connectivity index (χ0v) is 16.9. The first-order valence-electron chi connectivity index (χ1n) is 10.4. The standard InChI is InChI=1S/C24H31NO3/c1-3-10-18(27-4-2)11-9-16-25-24(26)28-17-23-21-14-7-5-12-19(21)20-13-6-8-15-22(20)23/h5-8,12-15,18,23H,3-4,9-11,16-17H2,1-2H3,(H,25,26). The van der Waals surface area contributed by atoms with Crippen LogP contribution in [0.5, 0.6) is 0 Å². The van der Waals surface area contributed by atoms with Crippen LogP contribution in [0, 0.1) is 0 Å². The van der Waals surface area contributed by atoms with E-state index in [4.69, 9.17) is 9.47 Å². The van der Waals surface area contributed by atoms with E-state index in [1.807, 2.05) is 19.1 Å². The van der Waals surface area contributed by atoms with Crippen molar-refractivity contribution in [2.75, 3.05) is 19.8 Å². The highest BCUT2D eigenvalue weighted by molar-refractivity contribution is 5.79. The van der Waals surface area contributed by atoms with Gasteiger partial charge in [0.05, 0.1) is 6.10 Å². The van der Waals surface area contributed by atoms with Gasteiger partial charge in [0, 0.05) is 19.1 Å². The second-order valence-electron chi connectivity index (χ2n) is 7.26. The molecule has 0 radical (unpaired) electrons. The summed E-state index contributed by atoms with van der Waals surface area (Å²) < 4.78 is 11.3. The Kier molecular flexibility index (Phi) is 7.49. The molecule has 0 aliphatic heterocycles. The van der Waals surface area contributed by atoms with E-state index in [1.165, 1.54) is 22.3 Å². The number of carbonyl (C=O) groups excluding carboxylic acids is 1. The van der Waals surface area contributed by atoms with Gasteiger partial charge in [-0.1, -0.05) is 61.9 Å². The van der Waals surface area contributed by atoms with Crippen molar-refractivity contribution >= 4 is 6.09 Å². The third-order valence-corrected chi connectivity index (χ3v) is 5.33. The number of fused-ring (bicyclic) bond motifs is 3. The first-order valence-corrected chi connectivity index (χ1v) is 10.4. The number of hydrogen-bond donors (Lipinski definition) is 1. The molecule has 2 aromatic rings. The second kappa shape index (κ2) is 10.3. The van der Waals surface area contributed by atoms with Crippen molar-refractivity contribution < 1.29 is 14.3 Å². The van der Waals surface area contributed by atoms with Gasteiger partial charge in [0.15, 0.2) is 0 Å². The van der Waals surface area contributed by atoms with Gasteiger partial charge in [0.25, 0.3) is 0 Å². The molecule has 0 aromatic heterocycles. The Bertz CT molecular complexity index is 722. The quantitative estimate of drug-likeness (QED) is 0.552. The van der Waals surface area contributed by atoms with Gasteiger partial charge in [-0.15, -0.1) is 0 Å². The number of amides is 1.